The first kappa shape index (κ1) is 21.9. The molecule has 156 valence electrons. The Labute approximate surface area is 170 Å². The van der Waals surface area contributed by atoms with E-state index < -0.39 is 11.8 Å². The molecule has 0 bridgehead atoms. The maximum atomic E-state index is 12.6. The van der Waals surface area contributed by atoms with Gasteiger partial charge in [-0.05, 0) is 45.0 Å². The van der Waals surface area contributed by atoms with Gasteiger partial charge in [0.05, 0.1) is 32.5 Å². The van der Waals surface area contributed by atoms with E-state index in [4.69, 9.17) is 18.9 Å². The van der Waals surface area contributed by atoms with Crippen molar-refractivity contribution in [1.29, 1.82) is 0 Å². The maximum absolute atomic E-state index is 12.6. The first-order chi connectivity index (χ1) is 14.0. The van der Waals surface area contributed by atoms with Crippen LogP contribution in [-0.2, 0) is 0 Å². The second-order valence-electron chi connectivity index (χ2n) is 5.71. The summed E-state index contributed by atoms with van der Waals surface area (Å²) < 4.78 is 22.0. The Balaban J connectivity index is 2.22. The SMILES string of the molecule is CCOc1cc(C(=O)NNC(=O)c2ccccc2OC)cc(OCC)c1OCC. The molecule has 2 N–H and O–H groups in total. The molecular weight excluding hydrogens is 376 g/mol. The van der Waals surface area contributed by atoms with Gasteiger partial charge in [-0.3, -0.25) is 20.4 Å². The van der Waals surface area contributed by atoms with Gasteiger partial charge < -0.3 is 18.9 Å². The number of para-hydroxylation sites is 1. The van der Waals surface area contributed by atoms with Crippen molar-refractivity contribution in [1.82, 2.24) is 10.9 Å². The van der Waals surface area contributed by atoms with E-state index in [0.717, 1.165) is 0 Å². The number of nitrogens with one attached hydrogen (secondary N) is 2. The zero-order valence-electron chi connectivity index (χ0n) is 17.0. The lowest BCUT2D eigenvalue weighted by Crippen LogP contribution is -2.41. The lowest BCUT2D eigenvalue weighted by Gasteiger charge is -2.17. The highest BCUT2D eigenvalue weighted by Gasteiger charge is 2.19. The van der Waals surface area contributed by atoms with Crippen LogP contribution in [0.25, 0.3) is 0 Å². The van der Waals surface area contributed by atoms with Gasteiger partial charge in [-0.1, -0.05) is 12.1 Å². The molecule has 0 fully saturated rings. The van der Waals surface area contributed by atoms with Crippen LogP contribution in [0.4, 0.5) is 0 Å². The van der Waals surface area contributed by atoms with Crippen LogP contribution >= 0.6 is 0 Å². The molecule has 0 saturated heterocycles. The van der Waals surface area contributed by atoms with Gasteiger partial charge in [0.15, 0.2) is 11.5 Å². The van der Waals surface area contributed by atoms with Gasteiger partial charge >= 0.3 is 0 Å². The van der Waals surface area contributed by atoms with E-state index in [9.17, 15) is 9.59 Å². The molecule has 2 aromatic carbocycles. The van der Waals surface area contributed by atoms with E-state index in [2.05, 4.69) is 10.9 Å². The van der Waals surface area contributed by atoms with Crippen molar-refractivity contribution in [3.05, 3.63) is 47.5 Å². The molecule has 0 aliphatic carbocycles. The van der Waals surface area contributed by atoms with Crippen LogP contribution in [0, 0.1) is 0 Å². The van der Waals surface area contributed by atoms with Gasteiger partial charge in [-0.25, -0.2) is 0 Å². The van der Waals surface area contributed by atoms with Gasteiger partial charge in [-0.2, -0.15) is 0 Å². The molecule has 8 nitrogen and oxygen atoms in total. The smallest absolute Gasteiger partial charge is 0.273 e. The molecule has 2 rings (SSSR count). The summed E-state index contributed by atoms with van der Waals surface area (Å²) >= 11 is 0. The predicted molar refractivity (Wildman–Crippen MR) is 108 cm³/mol. The number of benzene rings is 2. The van der Waals surface area contributed by atoms with E-state index >= 15 is 0 Å². The van der Waals surface area contributed by atoms with Crippen LogP contribution < -0.4 is 29.8 Å². The number of ether oxygens (including phenoxy) is 4. The number of methoxy groups -OCH3 is 1. The molecule has 0 heterocycles. The molecule has 2 aromatic rings. The third-order valence-electron chi connectivity index (χ3n) is 3.81. The van der Waals surface area contributed by atoms with Gasteiger partial charge in [0.2, 0.25) is 5.75 Å². The third-order valence-corrected chi connectivity index (χ3v) is 3.81. The third kappa shape index (κ3) is 5.54. The normalized spacial score (nSPS) is 10.1. The maximum Gasteiger partial charge on any atom is 0.273 e. The molecule has 0 aliphatic rings. The van der Waals surface area contributed by atoms with E-state index in [0.29, 0.717) is 48.4 Å². The minimum Gasteiger partial charge on any atom is -0.496 e. The van der Waals surface area contributed by atoms with Crippen molar-refractivity contribution in [2.75, 3.05) is 26.9 Å². The summed E-state index contributed by atoms with van der Waals surface area (Å²) in [5, 5.41) is 0. The number of rotatable bonds is 9. The number of carbonyl (C=O) groups excluding carboxylic acids is 2. The zero-order valence-corrected chi connectivity index (χ0v) is 17.0. The summed E-state index contributed by atoms with van der Waals surface area (Å²) in [5.74, 6) is 0.585. The summed E-state index contributed by atoms with van der Waals surface area (Å²) in [7, 11) is 1.47. The van der Waals surface area contributed by atoms with Crippen molar-refractivity contribution < 1.29 is 28.5 Å². The zero-order chi connectivity index (χ0) is 21.2. The average molecular weight is 402 g/mol. The fourth-order valence-corrected chi connectivity index (χ4v) is 2.61. The molecule has 0 saturated carbocycles. The summed E-state index contributed by atoms with van der Waals surface area (Å²) in [5.41, 5.74) is 5.32. The second-order valence-corrected chi connectivity index (χ2v) is 5.71. The summed E-state index contributed by atoms with van der Waals surface area (Å²) in [4.78, 5) is 25.0. The minimum absolute atomic E-state index is 0.251. The van der Waals surface area contributed by atoms with Crippen LogP contribution in [0.3, 0.4) is 0 Å². The number of hydrazine groups is 1. The van der Waals surface area contributed by atoms with Crippen LogP contribution in [0.1, 0.15) is 41.5 Å². The Morgan fingerprint density at radius 1 is 0.793 bits per heavy atom. The number of carbonyl (C=O) groups is 2. The molecule has 0 unspecified atom stereocenters. The van der Waals surface area contributed by atoms with Gasteiger partial charge in [-0.15, -0.1) is 0 Å². The van der Waals surface area contributed by atoms with Crippen LogP contribution in [-0.4, -0.2) is 38.7 Å². The molecule has 0 aliphatic heterocycles. The highest BCUT2D eigenvalue weighted by molar-refractivity contribution is 6.01. The van der Waals surface area contributed by atoms with Crippen molar-refractivity contribution >= 4 is 11.8 Å². The van der Waals surface area contributed by atoms with Crippen LogP contribution in [0.2, 0.25) is 0 Å². The second kappa shape index (κ2) is 10.8. The van der Waals surface area contributed by atoms with Crippen molar-refractivity contribution in [2.24, 2.45) is 0 Å². The monoisotopic (exact) mass is 402 g/mol. The fraction of sp³-hybridized carbons (Fsp3) is 0.333. The van der Waals surface area contributed by atoms with Crippen LogP contribution in [0.15, 0.2) is 36.4 Å². The van der Waals surface area contributed by atoms with E-state index in [1.54, 1.807) is 36.4 Å². The highest BCUT2D eigenvalue weighted by Crippen LogP contribution is 2.39. The number of hydrogen-bond acceptors (Lipinski definition) is 6. The quantitative estimate of drug-likeness (QED) is 0.626. The van der Waals surface area contributed by atoms with Crippen molar-refractivity contribution in [3.63, 3.8) is 0 Å². The Morgan fingerprint density at radius 3 is 1.90 bits per heavy atom. The molecular formula is C21H26N2O6. The molecule has 0 atom stereocenters. The summed E-state index contributed by atoms with van der Waals surface area (Å²) in [6.07, 6.45) is 0. The lowest BCUT2D eigenvalue weighted by atomic mass is 10.1. The lowest BCUT2D eigenvalue weighted by molar-refractivity contribution is 0.0844. The Kier molecular flexibility index (Phi) is 8.14. The standard InChI is InChI=1S/C21H26N2O6/c1-5-27-17-12-14(13-18(28-6-2)19(17)29-7-3)20(24)22-23-21(25)15-10-8-9-11-16(15)26-4/h8-13H,5-7H2,1-4H3,(H,22,24)(H,23,25). The van der Waals surface area contributed by atoms with E-state index in [1.165, 1.54) is 7.11 Å². The van der Waals surface area contributed by atoms with E-state index in [-0.39, 0.29) is 5.56 Å². The molecule has 0 radical (unpaired) electrons. The minimum atomic E-state index is -0.529. The van der Waals surface area contributed by atoms with Gasteiger partial charge in [0, 0.05) is 5.56 Å². The Morgan fingerprint density at radius 2 is 1.34 bits per heavy atom. The first-order valence-electron chi connectivity index (χ1n) is 9.35. The summed E-state index contributed by atoms with van der Waals surface area (Å²) in [6.45, 7) is 6.70. The average Bonchev–Trinajstić information content (AvgIpc) is 2.74. The van der Waals surface area contributed by atoms with E-state index in [1.807, 2.05) is 20.8 Å². The highest BCUT2D eigenvalue weighted by atomic mass is 16.5. The molecule has 0 spiro atoms. The molecule has 0 aromatic heterocycles. The Hall–Kier alpha value is -3.42. The molecule has 2 amide bonds. The van der Waals surface area contributed by atoms with Crippen molar-refractivity contribution in [2.45, 2.75) is 20.8 Å². The Bertz CT molecular complexity index is 826. The first-order valence-corrected chi connectivity index (χ1v) is 9.35. The number of hydrogen-bond donors (Lipinski definition) is 2. The van der Waals surface area contributed by atoms with Crippen molar-refractivity contribution in [3.8, 4) is 23.0 Å². The fourth-order valence-electron chi connectivity index (χ4n) is 2.61. The van der Waals surface area contributed by atoms with Gasteiger partial charge in [0.25, 0.3) is 11.8 Å². The predicted octanol–water partition coefficient (Wildman–Crippen LogP) is 2.97. The summed E-state index contributed by atoms with van der Waals surface area (Å²) in [6, 6.07) is 9.79. The molecule has 29 heavy (non-hydrogen) atoms. The van der Waals surface area contributed by atoms with Gasteiger partial charge in [0.1, 0.15) is 5.75 Å². The van der Waals surface area contributed by atoms with Crippen LogP contribution in [0.5, 0.6) is 23.0 Å². The topological polar surface area (TPSA) is 95.1 Å². The number of amides is 2. The molecule has 8 heteroatoms. The largest absolute Gasteiger partial charge is 0.496 e.